The van der Waals surface area contributed by atoms with E-state index >= 15 is 0 Å². The highest BCUT2D eigenvalue weighted by Gasteiger charge is 2.31. The summed E-state index contributed by atoms with van der Waals surface area (Å²) in [4.78, 5) is 2.30. The molecule has 19 heavy (non-hydrogen) atoms. The van der Waals surface area contributed by atoms with Crippen LogP contribution in [-0.2, 0) is 0 Å². The number of rotatable bonds is 3. The maximum Gasteiger partial charge on any atom is 0.159 e. The van der Waals surface area contributed by atoms with Crippen LogP contribution in [-0.4, -0.2) is 35.0 Å². The minimum atomic E-state index is -0.810. The molecule has 1 saturated heterocycles. The highest BCUT2D eigenvalue weighted by molar-refractivity contribution is 8.00. The van der Waals surface area contributed by atoms with Crippen molar-refractivity contribution in [2.24, 2.45) is 5.73 Å². The van der Waals surface area contributed by atoms with Crippen molar-refractivity contribution in [3.63, 3.8) is 0 Å². The van der Waals surface area contributed by atoms with E-state index < -0.39 is 11.6 Å². The quantitative estimate of drug-likeness (QED) is 0.926. The third kappa shape index (κ3) is 3.09. The Hall–Kier alpha value is -0.650. The van der Waals surface area contributed by atoms with Gasteiger partial charge >= 0.3 is 0 Å². The molecule has 1 fully saturated rings. The van der Waals surface area contributed by atoms with Crippen LogP contribution in [0, 0.1) is 11.6 Å². The van der Waals surface area contributed by atoms with Crippen LogP contribution in [0.25, 0.3) is 0 Å². The fourth-order valence-electron chi connectivity index (χ4n) is 2.58. The van der Waals surface area contributed by atoms with Crippen molar-refractivity contribution in [3.8, 4) is 0 Å². The Morgan fingerprint density at radius 1 is 1.37 bits per heavy atom. The molecule has 0 radical (unpaired) electrons. The molecule has 2 N–H and O–H groups in total. The third-order valence-corrected chi connectivity index (χ3v) is 5.22. The molecule has 5 heteroatoms. The van der Waals surface area contributed by atoms with Crippen molar-refractivity contribution in [3.05, 3.63) is 35.4 Å². The number of thioether (sulfide) groups is 1. The summed E-state index contributed by atoms with van der Waals surface area (Å²) in [7, 11) is 0. The molecule has 2 nitrogen and oxygen atoms in total. The minimum Gasteiger partial charge on any atom is -0.329 e. The van der Waals surface area contributed by atoms with Crippen LogP contribution in [0.1, 0.15) is 25.5 Å². The van der Waals surface area contributed by atoms with E-state index in [0.717, 1.165) is 17.9 Å². The SMILES string of the molecule is CC1SCCN(C(CN)c2ccc(F)c(F)c2)C1C. The Kier molecular flexibility index (Phi) is 4.81. The molecule has 106 valence electrons. The van der Waals surface area contributed by atoms with Crippen molar-refractivity contribution in [1.82, 2.24) is 4.90 Å². The van der Waals surface area contributed by atoms with Crippen LogP contribution in [0.15, 0.2) is 18.2 Å². The molecule has 1 aliphatic rings. The summed E-state index contributed by atoms with van der Waals surface area (Å²) in [6, 6.07) is 4.41. The molecule has 3 unspecified atom stereocenters. The van der Waals surface area contributed by atoms with Crippen LogP contribution in [0.2, 0.25) is 0 Å². The number of nitrogens with zero attached hydrogens (tertiary/aromatic N) is 1. The summed E-state index contributed by atoms with van der Waals surface area (Å²) >= 11 is 1.94. The highest BCUT2D eigenvalue weighted by atomic mass is 32.2. The van der Waals surface area contributed by atoms with E-state index in [1.807, 2.05) is 11.8 Å². The lowest BCUT2D eigenvalue weighted by atomic mass is 10.0. The predicted molar refractivity (Wildman–Crippen MR) is 76.2 cm³/mol. The molecule has 0 aromatic heterocycles. The average Bonchev–Trinajstić information content (AvgIpc) is 2.39. The first-order chi connectivity index (χ1) is 9.04. The second-order valence-corrected chi connectivity index (χ2v) is 6.46. The molecule has 1 aliphatic heterocycles. The van der Waals surface area contributed by atoms with Crippen molar-refractivity contribution in [2.45, 2.75) is 31.2 Å². The Morgan fingerprint density at radius 2 is 2.11 bits per heavy atom. The number of benzene rings is 1. The first kappa shape index (κ1) is 14.8. The Labute approximate surface area is 117 Å². The summed E-state index contributed by atoms with van der Waals surface area (Å²) in [5, 5.41) is 0.521. The normalized spacial score (nSPS) is 26.4. The monoisotopic (exact) mass is 286 g/mol. The smallest absolute Gasteiger partial charge is 0.159 e. The third-order valence-electron chi connectivity index (χ3n) is 3.88. The molecule has 0 bridgehead atoms. The molecule has 3 atom stereocenters. The van der Waals surface area contributed by atoms with Gasteiger partial charge in [-0.2, -0.15) is 11.8 Å². The lowest BCUT2D eigenvalue weighted by Crippen LogP contribution is -2.48. The van der Waals surface area contributed by atoms with Gasteiger partial charge in [0.15, 0.2) is 11.6 Å². The molecule has 0 spiro atoms. The standard InChI is InChI=1S/C14H20F2N2S/c1-9-10(2)19-6-5-18(9)14(8-17)11-3-4-12(15)13(16)7-11/h3-4,7,9-10,14H,5-6,8,17H2,1-2H3. The van der Waals surface area contributed by atoms with Crippen molar-refractivity contribution in [1.29, 1.82) is 0 Å². The second kappa shape index (κ2) is 6.20. The van der Waals surface area contributed by atoms with Crippen LogP contribution in [0.4, 0.5) is 8.78 Å². The van der Waals surface area contributed by atoms with Crippen molar-refractivity contribution < 1.29 is 8.78 Å². The molecular weight excluding hydrogens is 266 g/mol. The molecule has 1 aromatic rings. The van der Waals surface area contributed by atoms with Gasteiger partial charge in [0.25, 0.3) is 0 Å². The number of hydrogen-bond donors (Lipinski definition) is 1. The van der Waals surface area contributed by atoms with Crippen molar-refractivity contribution in [2.75, 3.05) is 18.8 Å². The van der Waals surface area contributed by atoms with E-state index in [1.165, 1.54) is 12.1 Å². The number of halogens is 2. The maximum atomic E-state index is 13.4. The topological polar surface area (TPSA) is 29.3 Å². The lowest BCUT2D eigenvalue weighted by molar-refractivity contribution is 0.150. The predicted octanol–water partition coefficient (Wildman–Crippen LogP) is 2.79. The van der Waals surface area contributed by atoms with Gasteiger partial charge in [-0.3, -0.25) is 4.90 Å². The zero-order valence-corrected chi connectivity index (χ0v) is 12.1. The molecule has 1 heterocycles. The fourth-order valence-corrected chi connectivity index (χ4v) is 3.70. The zero-order chi connectivity index (χ0) is 14.0. The van der Waals surface area contributed by atoms with Gasteiger partial charge in [-0.05, 0) is 24.6 Å². The number of nitrogens with two attached hydrogens (primary N) is 1. The summed E-state index contributed by atoms with van der Waals surface area (Å²) in [5.74, 6) is -0.565. The largest absolute Gasteiger partial charge is 0.329 e. The summed E-state index contributed by atoms with van der Waals surface area (Å²) in [6.45, 7) is 5.70. The average molecular weight is 286 g/mol. The molecule has 1 aromatic carbocycles. The Balaban J connectivity index is 2.25. The van der Waals surface area contributed by atoms with Gasteiger partial charge in [0.2, 0.25) is 0 Å². The molecule has 0 saturated carbocycles. The van der Waals surface area contributed by atoms with Gasteiger partial charge in [-0.15, -0.1) is 0 Å². The van der Waals surface area contributed by atoms with E-state index in [-0.39, 0.29) is 6.04 Å². The fraction of sp³-hybridized carbons (Fsp3) is 0.571. The molecule has 0 amide bonds. The zero-order valence-electron chi connectivity index (χ0n) is 11.3. The van der Waals surface area contributed by atoms with Crippen LogP contribution >= 0.6 is 11.8 Å². The summed E-state index contributed by atoms with van der Waals surface area (Å²) in [5.41, 5.74) is 6.62. The lowest BCUT2D eigenvalue weighted by Gasteiger charge is -2.42. The van der Waals surface area contributed by atoms with Crippen LogP contribution < -0.4 is 5.73 Å². The van der Waals surface area contributed by atoms with Gasteiger partial charge in [0.05, 0.1) is 0 Å². The van der Waals surface area contributed by atoms with E-state index in [4.69, 9.17) is 5.73 Å². The van der Waals surface area contributed by atoms with E-state index in [1.54, 1.807) is 6.07 Å². The van der Waals surface area contributed by atoms with Crippen molar-refractivity contribution >= 4 is 11.8 Å². The first-order valence-corrected chi connectivity index (χ1v) is 7.61. The highest BCUT2D eigenvalue weighted by Crippen LogP contribution is 2.31. The first-order valence-electron chi connectivity index (χ1n) is 6.57. The van der Waals surface area contributed by atoms with Crippen LogP contribution in [0.3, 0.4) is 0 Å². The van der Waals surface area contributed by atoms with E-state index in [9.17, 15) is 8.78 Å². The van der Waals surface area contributed by atoms with Gasteiger partial charge < -0.3 is 5.73 Å². The Bertz CT molecular complexity index is 441. The summed E-state index contributed by atoms with van der Waals surface area (Å²) in [6.07, 6.45) is 0. The van der Waals surface area contributed by atoms with Gasteiger partial charge in [-0.25, -0.2) is 8.78 Å². The van der Waals surface area contributed by atoms with E-state index in [0.29, 0.717) is 17.8 Å². The molecular formula is C14H20F2N2S. The molecule has 0 aliphatic carbocycles. The van der Waals surface area contributed by atoms with Gasteiger partial charge in [-0.1, -0.05) is 13.0 Å². The maximum absolute atomic E-state index is 13.4. The van der Waals surface area contributed by atoms with Gasteiger partial charge in [0.1, 0.15) is 0 Å². The van der Waals surface area contributed by atoms with Gasteiger partial charge in [0, 0.05) is 36.2 Å². The number of hydrogen-bond acceptors (Lipinski definition) is 3. The van der Waals surface area contributed by atoms with E-state index in [2.05, 4.69) is 18.7 Å². The minimum absolute atomic E-state index is 0.0477. The Morgan fingerprint density at radius 3 is 2.74 bits per heavy atom. The second-order valence-electron chi connectivity index (χ2n) is 4.98. The van der Waals surface area contributed by atoms with Crippen LogP contribution in [0.5, 0.6) is 0 Å². The molecule has 2 rings (SSSR count). The summed E-state index contributed by atoms with van der Waals surface area (Å²) < 4.78 is 26.4.